The summed E-state index contributed by atoms with van der Waals surface area (Å²) in [6.45, 7) is 5.80. The molecule has 0 aliphatic rings. The lowest BCUT2D eigenvalue weighted by Crippen LogP contribution is -2.02. The van der Waals surface area contributed by atoms with E-state index in [1.165, 1.54) is 25.7 Å². The monoisotopic (exact) mass is 597 g/mol. The number of thiophene rings is 1. The largest absolute Gasteiger partial charge is 0.308 e. The molecule has 4 aromatic heterocycles. The van der Waals surface area contributed by atoms with E-state index in [-0.39, 0.29) is 0 Å². The lowest BCUT2D eigenvalue weighted by molar-refractivity contribution is 1.04. The van der Waals surface area contributed by atoms with Crippen molar-refractivity contribution in [1.29, 1.82) is 0 Å². The summed E-state index contributed by atoms with van der Waals surface area (Å²) in [5.74, 6) is 1.87. The number of hydrogen-bond donors (Lipinski definition) is 0. The number of nitrogens with zero attached hydrogens (tertiary/aromatic N) is 5. The van der Waals surface area contributed by atoms with E-state index in [0.717, 1.165) is 38.8 Å². The van der Waals surface area contributed by atoms with Crippen molar-refractivity contribution >= 4 is 59.0 Å². The molecule has 8 rings (SSSR count). The van der Waals surface area contributed by atoms with E-state index >= 15 is 0 Å². The van der Waals surface area contributed by atoms with Gasteiger partial charge in [-0.15, -0.1) is 11.3 Å². The number of benzene rings is 4. The van der Waals surface area contributed by atoms with Gasteiger partial charge in [-0.2, -0.15) is 0 Å². The molecule has 0 atom stereocenters. The van der Waals surface area contributed by atoms with Crippen molar-refractivity contribution in [3.05, 3.63) is 146 Å². The third-order valence-electron chi connectivity index (χ3n) is 8.05. The van der Waals surface area contributed by atoms with Crippen LogP contribution in [0.15, 0.2) is 140 Å². The minimum Gasteiger partial charge on any atom is -0.308 e. The Hall–Kier alpha value is -5.72. The van der Waals surface area contributed by atoms with Crippen molar-refractivity contribution in [1.82, 2.24) is 24.5 Å². The predicted octanol–water partition coefficient (Wildman–Crippen LogP) is 10.2. The Balaban J connectivity index is 1.31. The molecule has 6 heteroatoms. The van der Waals surface area contributed by atoms with Gasteiger partial charge in [-0.1, -0.05) is 97.6 Å². The van der Waals surface area contributed by atoms with Gasteiger partial charge < -0.3 is 4.57 Å². The Morgan fingerprint density at radius 1 is 0.733 bits per heavy atom. The van der Waals surface area contributed by atoms with Gasteiger partial charge in [-0.05, 0) is 43.3 Å². The molecular formula is C39H27N5S. The second-order valence-electron chi connectivity index (χ2n) is 10.7. The number of fused-ring (bicyclic) bond motifs is 7. The Morgan fingerprint density at radius 2 is 1.42 bits per heavy atom. The van der Waals surface area contributed by atoms with Gasteiger partial charge >= 0.3 is 0 Å². The van der Waals surface area contributed by atoms with Gasteiger partial charge in [-0.3, -0.25) is 4.98 Å². The highest BCUT2D eigenvalue weighted by Gasteiger charge is 2.19. The van der Waals surface area contributed by atoms with Gasteiger partial charge in [0.05, 0.1) is 21.3 Å². The number of rotatable bonds is 6. The van der Waals surface area contributed by atoms with Crippen LogP contribution in [0.4, 0.5) is 0 Å². The number of para-hydroxylation sites is 1. The third kappa shape index (κ3) is 4.55. The van der Waals surface area contributed by atoms with Crippen LogP contribution in [-0.2, 0) is 0 Å². The zero-order chi connectivity index (χ0) is 30.3. The fourth-order valence-electron chi connectivity index (χ4n) is 5.92. The Bertz CT molecular complexity index is 2450. The highest BCUT2D eigenvalue weighted by atomic mass is 32.1. The first-order valence-electron chi connectivity index (χ1n) is 14.8. The number of hydrogen-bond acceptors (Lipinski definition) is 5. The van der Waals surface area contributed by atoms with Crippen LogP contribution in [-0.4, -0.2) is 24.5 Å². The highest BCUT2D eigenvalue weighted by Crippen LogP contribution is 2.41. The summed E-state index contributed by atoms with van der Waals surface area (Å²) in [6.07, 6.45) is 9.64. The minimum absolute atomic E-state index is 0.616. The van der Waals surface area contributed by atoms with E-state index in [9.17, 15) is 0 Å². The SMILES string of the molecule is C=C/C=C\C(=C/C)c1nc(-c2ccccc2)nc(-c2ccc(-n3c4ccccc4c4cnc5c6ccccc6sc5c43)cc2)n1. The van der Waals surface area contributed by atoms with Crippen molar-refractivity contribution in [2.24, 2.45) is 0 Å². The molecule has 0 spiro atoms. The van der Waals surface area contributed by atoms with Crippen molar-refractivity contribution in [3.8, 4) is 28.5 Å². The summed E-state index contributed by atoms with van der Waals surface area (Å²) in [4.78, 5) is 19.6. The van der Waals surface area contributed by atoms with Crippen molar-refractivity contribution in [2.75, 3.05) is 0 Å². The van der Waals surface area contributed by atoms with Gasteiger partial charge in [0, 0.05) is 49.4 Å². The molecule has 0 bridgehead atoms. The molecule has 0 unspecified atom stereocenters. The van der Waals surface area contributed by atoms with Crippen LogP contribution in [0.3, 0.4) is 0 Å². The van der Waals surface area contributed by atoms with Crippen molar-refractivity contribution in [2.45, 2.75) is 6.92 Å². The number of aromatic nitrogens is 5. The third-order valence-corrected chi connectivity index (χ3v) is 9.22. The minimum atomic E-state index is 0.616. The van der Waals surface area contributed by atoms with Gasteiger partial charge in [0.25, 0.3) is 0 Å². The smallest absolute Gasteiger partial charge is 0.164 e. The second kappa shape index (κ2) is 11.1. The van der Waals surface area contributed by atoms with E-state index in [1.54, 1.807) is 17.4 Å². The Labute approximate surface area is 264 Å². The van der Waals surface area contributed by atoms with Crippen LogP contribution >= 0.6 is 11.3 Å². The second-order valence-corrected chi connectivity index (χ2v) is 11.8. The summed E-state index contributed by atoms with van der Waals surface area (Å²) in [5, 5.41) is 3.52. The van der Waals surface area contributed by atoms with Gasteiger partial charge in [-0.25, -0.2) is 15.0 Å². The van der Waals surface area contributed by atoms with Crippen LogP contribution in [0.25, 0.3) is 76.1 Å². The van der Waals surface area contributed by atoms with E-state index < -0.39 is 0 Å². The summed E-state index contributed by atoms with van der Waals surface area (Å²) >= 11 is 1.80. The molecule has 8 aromatic rings. The van der Waals surface area contributed by atoms with Crippen LogP contribution in [0.5, 0.6) is 0 Å². The fraction of sp³-hybridized carbons (Fsp3) is 0.0256. The molecule has 214 valence electrons. The molecule has 0 fully saturated rings. The maximum Gasteiger partial charge on any atom is 0.164 e. The van der Waals surface area contributed by atoms with Crippen molar-refractivity contribution < 1.29 is 0 Å². The highest BCUT2D eigenvalue weighted by molar-refractivity contribution is 7.26. The van der Waals surface area contributed by atoms with Gasteiger partial charge in [0.2, 0.25) is 0 Å². The average Bonchev–Trinajstić information content (AvgIpc) is 3.65. The summed E-state index contributed by atoms with van der Waals surface area (Å²) in [5.41, 5.74) is 7.18. The van der Waals surface area contributed by atoms with Crippen LogP contribution in [0.2, 0.25) is 0 Å². The number of allylic oxidation sites excluding steroid dienone is 5. The van der Waals surface area contributed by atoms with Crippen LogP contribution in [0.1, 0.15) is 12.7 Å². The molecule has 5 nitrogen and oxygen atoms in total. The lowest BCUT2D eigenvalue weighted by Gasteiger charge is -2.11. The van der Waals surface area contributed by atoms with E-state index in [1.807, 2.05) is 61.7 Å². The standard InChI is InChI=1S/C39H27N5S/c1-3-5-13-25(4-2)37-41-38(26-14-7-6-8-15-26)43-39(42-37)27-20-22-28(23-21-27)44-32-18-11-9-16-29(32)31-24-40-34-30-17-10-12-19-33(30)45-36(34)35(31)44/h3-24H,1H2,2H3/b13-5-,25-4+. The van der Waals surface area contributed by atoms with E-state index in [0.29, 0.717) is 17.5 Å². The average molecular weight is 598 g/mol. The molecule has 0 N–H and O–H groups in total. The molecule has 45 heavy (non-hydrogen) atoms. The Morgan fingerprint density at radius 3 is 2.18 bits per heavy atom. The van der Waals surface area contributed by atoms with Crippen LogP contribution < -0.4 is 0 Å². The van der Waals surface area contributed by atoms with E-state index in [4.69, 9.17) is 19.9 Å². The molecule has 4 aromatic carbocycles. The summed E-state index contributed by atoms with van der Waals surface area (Å²) < 4.78 is 4.79. The molecule has 0 aliphatic heterocycles. The molecule has 0 aliphatic carbocycles. The quantitative estimate of drug-likeness (QED) is 0.179. The van der Waals surface area contributed by atoms with Gasteiger partial charge in [0.1, 0.15) is 0 Å². The van der Waals surface area contributed by atoms with Gasteiger partial charge in [0.15, 0.2) is 17.5 Å². The molecular weight excluding hydrogens is 571 g/mol. The summed E-state index contributed by atoms with van der Waals surface area (Å²) in [6, 6.07) is 35.6. The molecule has 0 saturated heterocycles. The zero-order valence-corrected chi connectivity index (χ0v) is 25.4. The number of pyridine rings is 1. The fourth-order valence-corrected chi connectivity index (χ4v) is 7.12. The predicted molar refractivity (Wildman–Crippen MR) is 189 cm³/mol. The zero-order valence-electron chi connectivity index (χ0n) is 24.6. The van der Waals surface area contributed by atoms with Crippen LogP contribution in [0, 0.1) is 0 Å². The maximum atomic E-state index is 4.95. The van der Waals surface area contributed by atoms with E-state index in [2.05, 4.69) is 83.9 Å². The first kappa shape index (κ1) is 26.9. The Kier molecular flexibility index (Phi) is 6.62. The first-order valence-corrected chi connectivity index (χ1v) is 15.6. The molecule has 0 amide bonds. The molecule has 4 heterocycles. The normalized spacial score (nSPS) is 12.2. The maximum absolute atomic E-state index is 4.95. The first-order chi connectivity index (χ1) is 22.2. The topological polar surface area (TPSA) is 56.5 Å². The summed E-state index contributed by atoms with van der Waals surface area (Å²) in [7, 11) is 0. The van der Waals surface area contributed by atoms with Crippen molar-refractivity contribution in [3.63, 3.8) is 0 Å². The molecule has 0 saturated carbocycles. The molecule has 0 radical (unpaired) electrons. The lowest BCUT2D eigenvalue weighted by atomic mass is 10.1.